The first-order chi connectivity index (χ1) is 26.4. The first-order valence-corrected chi connectivity index (χ1v) is 18.7. The molecule has 2 fully saturated rings. The molecule has 0 amide bonds. The maximum absolute atomic E-state index is 13.9. The van der Waals surface area contributed by atoms with E-state index in [4.69, 9.17) is 9.47 Å². The maximum atomic E-state index is 13.9. The van der Waals surface area contributed by atoms with Crippen LogP contribution in [0.4, 0.5) is 13.2 Å². The molecule has 3 N–H and O–H groups in total. The van der Waals surface area contributed by atoms with Gasteiger partial charge in [-0.25, -0.2) is 4.79 Å². The second kappa shape index (κ2) is 12.5. The summed E-state index contributed by atoms with van der Waals surface area (Å²) >= 11 is 0. The zero-order valence-corrected chi connectivity index (χ0v) is 31.2. The van der Waals surface area contributed by atoms with Crippen molar-refractivity contribution in [3.8, 4) is 0 Å². The number of rotatable bonds is 8. The van der Waals surface area contributed by atoms with Crippen LogP contribution in [0.25, 0.3) is 37.8 Å². The summed E-state index contributed by atoms with van der Waals surface area (Å²) < 4.78 is 53.4. The number of aliphatic hydroxyl groups excluding tert-OH is 1. The van der Waals surface area contributed by atoms with E-state index in [2.05, 4.69) is 41.2 Å². The Hall–Kier alpha value is -4.94. The van der Waals surface area contributed by atoms with Crippen molar-refractivity contribution in [2.75, 3.05) is 6.61 Å². The van der Waals surface area contributed by atoms with E-state index in [0.717, 1.165) is 37.9 Å². The number of fused-ring (bicyclic) bond motifs is 5. The molecule has 0 aromatic heterocycles. The lowest BCUT2D eigenvalue weighted by Gasteiger charge is -2.53. The van der Waals surface area contributed by atoms with Crippen LogP contribution in [-0.2, 0) is 30.3 Å². The first-order valence-electron chi connectivity index (χ1n) is 18.7. The van der Waals surface area contributed by atoms with Crippen molar-refractivity contribution < 1.29 is 57.1 Å². The van der Waals surface area contributed by atoms with Crippen LogP contribution < -0.4 is 0 Å². The highest BCUT2D eigenvalue weighted by atomic mass is 19.4. The predicted molar refractivity (Wildman–Crippen MR) is 198 cm³/mol. The Balaban J connectivity index is 1.14. The minimum Gasteiger partial charge on any atom is -0.458 e. The standard InChI is InChI=1S/C43H41F3N2O8/c1-21-17-30-40(53,36(21)51)19-23(20-49)18-29-34-39(3,4)42(34,56-38(52)35(48-47)43(44,45)46)37(22(2)41(29,30)54)55-31(50)10-6-7-24-11-12-27-14-13-25-8-5-9-26-15-16-28(24)33(27)32(25)26/h5,8-9,11-18,22,29-30,34,37,49,53-54H,6-7,10,19-20H2,1-4H3/t22-,29+,30?,34?,37-,40-,41-,42-/m1/s1. The van der Waals surface area contributed by atoms with E-state index in [9.17, 15) is 48.4 Å². The summed E-state index contributed by atoms with van der Waals surface area (Å²) in [5.74, 6) is -8.13. The van der Waals surface area contributed by atoms with Crippen molar-refractivity contribution in [3.63, 3.8) is 0 Å². The molecule has 0 radical (unpaired) electrons. The first kappa shape index (κ1) is 38.0. The van der Waals surface area contributed by atoms with Crippen LogP contribution in [0.5, 0.6) is 0 Å². The summed E-state index contributed by atoms with van der Waals surface area (Å²) in [4.78, 5) is 42.8. The number of ketones is 1. The summed E-state index contributed by atoms with van der Waals surface area (Å²) in [7, 11) is 0. The smallest absolute Gasteiger partial charge is 0.458 e. The molecular weight excluding hydrogens is 729 g/mol. The number of hydrogen-bond donors (Lipinski definition) is 3. The van der Waals surface area contributed by atoms with Crippen LogP contribution in [0.15, 0.2) is 77.9 Å². The van der Waals surface area contributed by atoms with E-state index >= 15 is 0 Å². The molecule has 0 aliphatic heterocycles. The number of carbonyl (C=O) groups excluding carboxylic acids is 3. The van der Waals surface area contributed by atoms with Crippen LogP contribution >= 0.6 is 0 Å². The number of carbonyl (C=O) groups is 3. The molecule has 8 atom stereocenters. The summed E-state index contributed by atoms with van der Waals surface area (Å²) in [6.45, 7) is 5.53. The van der Waals surface area contributed by atoms with Gasteiger partial charge in [0.2, 0.25) is 0 Å². The fourth-order valence-corrected chi connectivity index (χ4v) is 10.9. The molecule has 2 unspecified atom stereocenters. The minimum absolute atomic E-state index is 0.145. The third-order valence-electron chi connectivity index (χ3n) is 13.5. The number of halogens is 3. The molecule has 4 aliphatic carbocycles. The Kier molecular flexibility index (Phi) is 8.49. The summed E-state index contributed by atoms with van der Waals surface area (Å²) in [6, 6.07) is 18.5. The summed E-state index contributed by atoms with van der Waals surface area (Å²) in [6.07, 6.45) is -3.74. The molecule has 4 aromatic carbocycles. The van der Waals surface area contributed by atoms with Crippen LogP contribution in [0, 0.1) is 29.1 Å². The fourth-order valence-electron chi connectivity index (χ4n) is 10.9. The van der Waals surface area contributed by atoms with Crippen molar-refractivity contribution in [2.45, 2.75) is 82.5 Å². The van der Waals surface area contributed by atoms with Crippen molar-refractivity contribution >= 4 is 55.8 Å². The van der Waals surface area contributed by atoms with Gasteiger partial charge in [-0.1, -0.05) is 87.5 Å². The van der Waals surface area contributed by atoms with Crippen molar-refractivity contribution in [1.82, 2.24) is 0 Å². The average molecular weight is 771 g/mol. The monoisotopic (exact) mass is 770 g/mol. The lowest BCUT2D eigenvalue weighted by atomic mass is 9.59. The highest BCUT2D eigenvalue weighted by Gasteiger charge is 2.88. The van der Waals surface area contributed by atoms with Crippen LogP contribution in [-0.4, -0.2) is 79.2 Å². The largest absolute Gasteiger partial charge is 0.503 e. The van der Waals surface area contributed by atoms with Crippen LogP contribution in [0.1, 0.15) is 52.5 Å². The number of aliphatic hydroxyl groups is 3. The maximum Gasteiger partial charge on any atom is 0.503 e. The van der Waals surface area contributed by atoms with E-state index in [-0.39, 0.29) is 24.0 Å². The zero-order valence-electron chi connectivity index (χ0n) is 31.2. The van der Waals surface area contributed by atoms with Gasteiger partial charge >= 0.3 is 23.8 Å². The fraction of sp³-hybridized carbons (Fsp3) is 0.442. The second-order valence-electron chi connectivity index (χ2n) is 16.6. The SMILES string of the molecule is CC1=CC2[C@@]3(O)[C@H](C)[C@@H](OC(=O)CCCc4ccc5ccc6cccc7ccc4c5c67)[C@]4(OC(=O)C(=[N+]=[N-])C(F)(F)F)C([C@@H]3C=C(CO)C[C@]2(O)C1=O)C4(C)C. The third kappa shape index (κ3) is 5.10. The quantitative estimate of drug-likeness (QED) is 0.0477. The van der Waals surface area contributed by atoms with E-state index < -0.39 is 88.2 Å². The van der Waals surface area contributed by atoms with Crippen LogP contribution in [0.3, 0.4) is 0 Å². The molecule has 0 saturated heterocycles. The van der Waals surface area contributed by atoms with Crippen molar-refractivity contribution in [3.05, 3.63) is 89.0 Å². The van der Waals surface area contributed by atoms with Gasteiger partial charge in [0.25, 0.3) is 0 Å². The predicted octanol–water partition coefficient (Wildman–Crippen LogP) is 6.19. The van der Waals surface area contributed by atoms with Gasteiger partial charge in [0.15, 0.2) is 11.4 Å². The van der Waals surface area contributed by atoms with Gasteiger partial charge in [-0.05, 0) is 68.8 Å². The normalized spacial score (nSPS) is 31.8. The number of aryl methyl sites for hydroxylation is 1. The number of nitrogens with zero attached hydrogens (tertiary/aromatic N) is 2. The van der Waals surface area contributed by atoms with Gasteiger partial charge in [0.05, 0.1) is 12.2 Å². The summed E-state index contributed by atoms with van der Waals surface area (Å²) in [5.41, 5.74) is 0.834. The number of Topliss-reactive ketones (excluding diaryl/α,β-unsaturated/α-hetero) is 1. The number of alkyl halides is 3. The van der Waals surface area contributed by atoms with Gasteiger partial charge in [0.1, 0.15) is 11.7 Å². The van der Waals surface area contributed by atoms with Crippen molar-refractivity contribution in [1.29, 1.82) is 0 Å². The molecule has 0 heterocycles. The molecule has 4 aliphatic rings. The number of hydrogen-bond acceptors (Lipinski definition) is 8. The summed E-state index contributed by atoms with van der Waals surface area (Å²) in [5, 5.41) is 41.9. The molecular formula is C43H41F3N2O8. The topological polar surface area (TPSA) is 167 Å². The second-order valence-corrected chi connectivity index (χ2v) is 16.6. The van der Waals surface area contributed by atoms with E-state index in [1.807, 2.05) is 18.2 Å². The average Bonchev–Trinajstić information content (AvgIpc) is 3.57. The molecule has 0 spiro atoms. The molecule has 56 heavy (non-hydrogen) atoms. The zero-order chi connectivity index (χ0) is 40.3. The van der Waals surface area contributed by atoms with Gasteiger partial charge < -0.3 is 30.3 Å². The highest BCUT2D eigenvalue weighted by Crippen LogP contribution is 2.77. The lowest BCUT2D eigenvalue weighted by Crippen LogP contribution is -2.66. The molecule has 0 bridgehead atoms. The molecule has 10 nitrogen and oxygen atoms in total. The van der Waals surface area contributed by atoms with E-state index in [0.29, 0.717) is 12.8 Å². The number of ether oxygens (including phenoxy) is 2. The Morgan fingerprint density at radius 3 is 2.27 bits per heavy atom. The van der Waals surface area contributed by atoms with Gasteiger partial charge in [-0.2, -0.15) is 18.0 Å². The Morgan fingerprint density at radius 2 is 1.62 bits per heavy atom. The Morgan fingerprint density at radius 1 is 0.982 bits per heavy atom. The van der Waals surface area contributed by atoms with Crippen LogP contribution in [0.2, 0.25) is 0 Å². The minimum atomic E-state index is -5.40. The molecule has 2 saturated carbocycles. The lowest BCUT2D eigenvalue weighted by molar-refractivity contribution is -0.229. The van der Waals surface area contributed by atoms with Gasteiger partial charge in [0, 0.05) is 41.9 Å². The Bertz CT molecular complexity index is 2450. The van der Waals surface area contributed by atoms with Gasteiger partial charge in [-0.15, -0.1) is 0 Å². The Labute approximate surface area is 319 Å². The molecule has 8 rings (SSSR count). The molecule has 4 aromatic rings. The molecule has 292 valence electrons. The number of benzene rings is 4. The van der Waals surface area contributed by atoms with Gasteiger partial charge in [-0.3, -0.25) is 9.59 Å². The van der Waals surface area contributed by atoms with Crippen molar-refractivity contribution in [2.24, 2.45) is 29.1 Å². The third-order valence-corrected chi connectivity index (χ3v) is 13.5. The highest BCUT2D eigenvalue weighted by molar-refractivity contribution is 6.36. The van der Waals surface area contributed by atoms with E-state index in [1.54, 1.807) is 13.8 Å². The number of esters is 2. The van der Waals surface area contributed by atoms with E-state index in [1.165, 1.54) is 26.0 Å². The molecule has 13 heteroatoms.